The van der Waals surface area contributed by atoms with Gasteiger partial charge in [0.2, 0.25) is 0 Å². The van der Waals surface area contributed by atoms with Crippen LogP contribution in [0, 0.1) is 46.3 Å². The fourth-order valence-corrected chi connectivity index (χ4v) is 6.20. The Labute approximate surface area is 140 Å². The molecule has 2 aliphatic rings. The van der Waals surface area contributed by atoms with Crippen LogP contribution in [0.1, 0.15) is 93.9 Å². The molecular formula is C22H42. The average molecular weight is 307 g/mol. The van der Waals surface area contributed by atoms with Crippen LogP contribution in [0.4, 0.5) is 0 Å². The molecule has 0 aromatic rings. The molecule has 2 fully saturated rings. The monoisotopic (exact) mass is 306 g/mol. The predicted molar refractivity (Wildman–Crippen MR) is 98.9 cm³/mol. The largest absolute Gasteiger partial charge is 0.0622 e. The van der Waals surface area contributed by atoms with E-state index in [9.17, 15) is 0 Å². The summed E-state index contributed by atoms with van der Waals surface area (Å²) >= 11 is 0. The molecule has 0 aliphatic heterocycles. The van der Waals surface area contributed by atoms with E-state index in [2.05, 4.69) is 55.4 Å². The van der Waals surface area contributed by atoms with E-state index in [1.807, 2.05) is 0 Å². The van der Waals surface area contributed by atoms with E-state index in [1.54, 1.807) is 0 Å². The quantitative estimate of drug-likeness (QED) is 0.481. The van der Waals surface area contributed by atoms with Gasteiger partial charge >= 0.3 is 0 Å². The molecule has 0 aromatic heterocycles. The molecule has 0 aromatic carbocycles. The molecule has 6 atom stereocenters. The van der Waals surface area contributed by atoms with Gasteiger partial charge < -0.3 is 0 Å². The van der Waals surface area contributed by atoms with Crippen LogP contribution in [-0.4, -0.2) is 0 Å². The summed E-state index contributed by atoms with van der Waals surface area (Å²) in [5.41, 5.74) is 0.942. The maximum absolute atomic E-state index is 2.57. The van der Waals surface area contributed by atoms with E-state index in [4.69, 9.17) is 0 Å². The molecule has 0 nitrogen and oxygen atoms in total. The SMILES string of the molecule is CC1CCC[C@H](C(C)(C)C)C1C1C(C)CCC[C@@H]1C(C)(C)C. The average Bonchev–Trinajstić information content (AvgIpc) is 2.36. The second kappa shape index (κ2) is 6.48. The maximum Gasteiger partial charge on any atom is -0.0321 e. The minimum absolute atomic E-state index is 0.471. The molecule has 2 rings (SSSR count). The first kappa shape index (κ1) is 18.3. The normalized spacial score (nSPS) is 41.5. The molecule has 0 radical (unpaired) electrons. The Morgan fingerprint density at radius 1 is 0.545 bits per heavy atom. The second-order valence-electron chi connectivity index (χ2n) is 10.9. The van der Waals surface area contributed by atoms with E-state index in [0.717, 1.165) is 35.5 Å². The van der Waals surface area contributed by atoms with Crippen molar-refractivity contribution in [2.24, 2.45) is 46.3 Å². The lowest BCUT2D eigenvalue weighted by Gasteiger charge is -2.55. The zero-order valence-corrected chi connectivity index (χ0v) is 16.7. The Bertz CT molecular complexity index is 317. The van der Waals surface area contributed by atoms with Crippen LogP contribution in [0.15, 0.2) is 0 Å². The first-order valence-electron chi connectivity index (χ1n) is 10.0. The molecule has 0 heteroatoms. The van der Waals surface area contributed by atoms with Gasteiger partial charge in [-0.3, -0.25) is 0 Å². The van der Waals surface area contributed by atoms with Crippen LogP contribution in [0.25, 0.3) is 0 Å². The Hall–Kier alpha value is 0. The standard InChI is InChI=1S/C22H42/c1-15-11-9-13-17(21(3,4)5)19(15)20-16(2)12-10-14-18(20)22(6,7)8/h15-20H,9-14H2,1-8H3/t15?,16?,17-,18-,19?,20?/m0/s1. The zero-order valence-electron chi connectivity index (χ0n) is 16.7. The highest BCUT2D eigenvalue weighted by Gasteiger charge is 2.48. The summed E-state index contributed by atoms with van der Waals surface area (Å²) in [7, 11) is 0. The fraction of sp³-hybridized carbons (Fsp3) is 1.00. The molecule has 2 saturated carbocycles. The highest BCUT2D eigenvalue weighted by molar-refractivity contribution is 4.97. The lowest BCUT2D eigenvalue weighted by Crippen LogP contribution is -2.48. The molecule has 4 unspecified atom stereocenters. The molecule has 0 spiro atoms. The lowest BCUT2D eigenvalue weighted by atomic mass is 9.50. The summed E-state index contributed by atoms with van der Waals surface area (Å²) in [6.07, 6.45) is 8.80. The third-order valence-corrected chi connectivity index (χ3v) is 7.26. The van der Waals surface area contributed by atoms with Crippen LogP contribution >= 0.6 is 0 Å². The molecular weight excluding hydrogens is 264 g/mol. The van der Waals surface area contributed by atoms with Gasteiger partial charge in [0, 0.05) is 0 Å². The summed E-state index contributed by atoms with van der Waals surface area (Å²) in [6.45, 7) is 20.2. The van der Waals surface area contributed by atoms with Crippen LogP contribution in [-0.2, 0) is 0 Å². The Balaban J connectivity index is 2.37. The predicted octanol–water partition coefficient (Wildman–Crippen LogP) is 7.18. The smallest absolute Gasteiger partial charge is 0.0321 e. The first-order chi connectivity index (χ1) is 10.0. The van der Waals surface area contributed by atoms with E-state index >= 15 is 0 Å². The van der Waals surface area contributed by atoms with Crippen molar-refractivity contribution in [2.75, 3.05) is 0 Å². The van der Waals surface area contributed by atoms with Crippen molar-refractivity contribution in [1.82, 2.24) is 0 Å². The molecule has 0 amide bonds. The molecule has 0 bridgehead atoms. The van der Waals surface area contributed by atoms with Crippen molar-refractivity contribution in [3.8, 4) is 0 Å². The van der Waals surface area contributed by atoms with Gasteiger partial charge in [0.25, 0.3) is 0 Å². The van der Waals surface area contributed by atoms with Gasteiger partial charge in [0.05, 0.1) is 0 Å². The maximum atomic E-state index is 2.57. The molecule has 2 aliphatic carbocycles. The van der Waals surface area contributed by atoms with Crippen LogP contribution < -0.4 is 0 Å². The summed E-state index contributed by atoms with van der Waals surface area (Å²) in [4.78, 5) is 0. The highest BCUT2D eigenvalue weighted by Crippen LogP contribution is 2.56. The van der Waals surface area contributed by atoms with Crippen molar-refractivity contribution in [2.45, 2.75) is 93.9 Å². The fourth-order valence-electron chi connectivity index (χ4n) is 6.20. The second-order valence-corrected chi connectivity index (χ2v) is 10.9. The number of hydrogen-bond donors (Lipinski definition) is 0. The van der Waals surface area contributed by atoms with Gasteiger partial charge in [0.15, 0.2) is 0 Å². The molecule has 130 valence electrons. The lowest BCUT2D eigenvalue weighted by molar-refractivity contribution is -0.0594. The van der Waals surface area contributed by atoms with Crippen LogP contribution in [0.2, 0.25) is 0 Å². The van der Waals surface area contributed by atoms with Gasteiger partial charge in [-0.1, -0.05) is 81.1 Å². The summed E-state index contributed by atoms with van der Waals surface area (Å²) in [5.74, 6) is 5.60. The summed E-state index contributed by atoms with van der Waals surface area (Å²) in [5, 5.41) is 0. The summed E-state index contributed by atoms with van der Waals surface area (Å²) in [6, 6.07) is 0. The minimum atomic E-state index is 0.471. The van der Waals surface area contributed by atoms with E-state index in [1.165, 1.54) is 38.5 Å². The third-order valence-electron chi connectivity index (χ3n) is 7.26. The van der Waals surface area contributed by atoms with E-state index in [0.29, 0.717) is 10.8 Å². The minimum Gasteiger partial charge on any atom is -0.0622 e. The van der Waals surface area contributed by atoms with Crippen molar-refractivity contribution in [3.63, 3.8) is 0 Å². The Morgan fingerprint density at radius 2 is 0.864 bits per heavy atom. The number of rotatable bonds is 1. The Morgan fingerprint density at radius 3 is 1.14 bits per heavy atom. The third kappa shape index (κ3) is 3.73. The first-order valence-corrected chi connectivity index (χ1v) is 10.0. The summed E-state index contributed by atoms with van der Waals surface area (Å²) < 4.78 is 0. The van der Waals surface area contributed by atoms with E-state index in [-0.39, 0.29) is 0 Å². The topological polar surface area (TPSA) is 0 Å². The van der Waals surface area contributed by atoms with Gasteiger partial charge in [-0.25, -0.2) is 0 Å². The van der Waals surface area contributed by atoms with Gasteiger partial charge in [-0.15, -0.1) is 0 Å². The van der Waals surface area contributed by atoms with Crippen molar-refractivity contribution in [3.05, 3.63) is 0 Å². The van der Waals surface area contributed by atoms with Crippen LogP contribution in [0.5, 0.6) is 0 Å². The van der Waals surface area contributed by atoms with Crippen molar-refractivity contribution < 1.29 is 0 Å². The van der Waals surface area contributed by atoms with Crippen LogP contribution in [0.3, 0.4) is 0 Å². The molecule has 22 heavy (non-hydrogen) atoms. The zero-order chi connectivity index (χ0) is 16.7. The Kier molecular flexibility index (Phi) is 5.40. The van der Waals surface area contributed by atoms with Gasteiger partial charge in [0.1, 0.15) is 0 Å². The van der Waals surface area contributed by atoms with Gasteiger partial charge in [-0.05, 0) is 59.2 Å². The highest BCUT2D eigenvalue weighted by atomic mass is 14.5. The van der Waals surface area contributed by atoms with E-state index < -0.39 is 0 Å². The van der Waals surface area contributed by atoms with Crippen molar-refractivity contribution in [1.29, 1.82) is 0 Å². The molecule has 0 heterocycles. The number of hydrogen-bond acceptors (Lipinski definition) is 0. The van der Waals surface area contributed by atoms with Crippen molar-refractivity contribution >= 4 is 0 Å². The molecule has 0 saturated heterocycles. The molecule has 0 N–H and O–H groups in total. The van der Waals surface area contributed by atoms with Gasteiger partial charge in [-0.2, -0.15) is 0 Å².